The van der Waals surface area contributed by atoms with Crippen LogP contribution in [0, 0.1) is 5.92 Å². The second-order valence-corrected chi connectivity index (χ2v) is 5.30. The van der Waals surface area contributed by atoms with E-state index >= 15 is 0 Å². The molecule has 1 fully saturated rings. The Labute approximate surface area is 117 Å². The molecule has 0 bridgehead atoms. The highest BCUT2D eigenvalue weighted by Crippen LogP contribution is 2.33. The molecule has 1 saturated heterocycles. The molecule has 1 heterocycles. The van der Waals surface area contributed by atoms with Crippen molar-refractivity contribution in [3.8, 4) is 0 Å². The van der Waals surface area contributed by atoms with Crippen LogP contribution in [0.15, 0.2) is 29.3 Å². The number of likely N-dealkylation sites (N-methyl/N-ethyl adjacent to an activating group) is 1. The zero-order chi connectivity index (χ0) is 14.0. The molecular formula is C13H17ClN4O. The predicted molar refractivity (Wildman–Crippen MR) is 76.0 cm³/mol. The molecule has 1 amide bonds. The fraction of sp³-hybridized carbons (Fsp3) is 0.385. The van der Waals surface area contributed by atoms with Gasteiger partial charge in [0.1, 0.15) is 0 Å². The monoisotopic (exact) mass is 280 g/mol. The average molecular weight is 281 g/mol. The highest BCUT2D eigenvalue weighted by Gasteiger charge is 2.36. The number of halogens is 1. The van der Waals surface area contributed by atoms with Crippen LogP contribution in [0.2, 0.25) is 5.02 Å². The first kappa shape index (κ1) is 13.8. The maximum Gasteiger partial charge on any atom is 0.253 e. The molecule has 0 spiro atoms. The molecule has 6 heteroatoms. The van der Waals surface area contributed by atoms with E-state index in [1.54, 1.807) is 0 Å². The molecule has 19 heavy (non-hydrogen) atoms. The lowest BCUT2D eigenvalue weighted by molar-refractivity contribution is -0.121. The van der Waals surface area contributed by atoms with E-state index in [2.05, 4.69) is 9.89 Å². The number of hydrogen-bond donors (Lipinski definition) is 2. The molecule has 2 atom stereocenters. The minimum atomic E-state index is -0.260. The van der Waals surface area contributed by atoms with E-state index in [9.17, 15) is 4.79 Å². The number of rotatable bonds is 2. The largest absolute Gasteiger partial charge is 0.370 e. The molecule has 0 aromatic heterocycles. The first-order chi connectivity index (χ1) is 8.97. The lowest BCUT2D eigenvalue weighted by Gasteiger charge is -2.15. The van der Waals surface area contributed by atoms with E-state index in [0.717, 1.165) is 12.1 Å². The highest BCUT2D eigenvalue weighted by atomic mass is 35.5. The van der Waals surface area contributed by atoms with Crippen molar-refractivity contribution in [1.82, 2.24) is 4.90 Å². The third-order valence-electron chi connectivity index (χ3n) is 3.36. The Morgan fingerprint density at radius 2 is 1.95 bits per heavy atom. The van der Waals surface area contributed by atoms with Crippen molar-refractivity contribution in [1.29, 1.82) is 0 Å². The zero-order valence-electron chi connectivity index (χ0n) is 10.7. The average Bonchev–Trinajstić information content (AvgIpc) is 2.71. The molecule has 4 N–H and O–H groups in total. The lowest BCUT2D eigenvalue weighted by atomic mass is 9.88. The second kappa shape index (κ2) is 5.59. The van der Waals surface area contributed by atoms with E-state index in [0.29, 0.717) is 11.6 Å². The van der Waals surface area contributed by atoms with Crippen LogP contribution in [0.4, 0.5) is 0 Å². The van der Waals surface area contributed by atoms with Crippen molar-refractivity contribution in [2.45, 2.75) is 5.92 Å². The maximum atomic E-state index is 12.1. The van der Waals surface area contributed by atoms with E-state index in [4.69, 9.17) is 23.1 Å². The van der Waals surface area contributed by atoms with Crippen LogP contribution in [-0.2, 0) is 4.79 Å². The third kappa shape index (κ3) is 3.24. The summed E-state index contributed by atoms with van der Waals surface area (Å²) in [5, 5.41) is 0.683. The van der Waals surface area contributed by atoms with E-state index in [-0.39, 0.29) is 23.7 Å². The summed E-state index contributed by atoms with van der Waals surface area (Å²) >= 11 is 5.88. The van der Waals surface area contributed by atoms with Gasteiger partial charge in [0, 0.05) is 24.0 Å². The summed E-state index contributed by atoms with van der Waals surface area (Å²) in [7, 11) is 1.98. The van der Waals surface area contributed by atoms with E-state index in [1.807, 2.05) is 31.3 Å². The molecule has 0 unspecified atom stereocenters. The van der Waals surface area contributed by atoms with Gasteiger partial charge in [-0.3, -0.25) is 4.79 Å². The van der Waals surface area contributed by atoms with Crippen LogP contribution < -0.4 is 11.5 Å². The van der Waals surface area contributed by atoms with Gasteiger partial charge < -0.3 is 16.4 Å². The summed E-state index contributed by atoms with van der Waals surface area (Å²) in [5.74, 6) is -0.565. The Morgan fingerprint density at radius 1 is 1.32 bits per heavy atom. The minimum absolute atomic E-state index is 0.0952. The van der Waals surface area contributed by atoms with Gasteiger partial charge in [-0.15, -0.1) is 0 Å². The first-order valence-electron chi connectivity index (χ1n) is 6.05. The fourth-order valence-electron chi connectivity index (χ4n) is 2.51. The van der Waals surface area contributed by atoms with Gasteiger partial charge in [-0.25, -0.2) is 0 Å². The molecule has 0 radical (unpaired) electrons. The Hall–Kier alpha value is -1.59. The molecule has 2 rings (SSSR count). The van der Waals surface area contributed by atoms with Crippen molar-refractivity contribution in [2.24, 2.45) is 22.4 Å². The van der Waals surface area contributed by atoms with Crippen molar-refractivity contribution in [3.63, 3.8) is 0 Å². The number of aliphatic imine (C=N–C) groups is 1. The van der Waals surface area contributed by atoms with Crippen LogP contribution in [0.1, 0.15) is 11.5 Å². The van der Waals surface area contributed by atoms with Gasteiger partial charge >= 0.3 is 0 Å². The van der Waals surface area contributed by atoms with E-state index < -0.39 is 0 Å². The third-order valence-corrected chi connectivity index (χ3v) is 3.61. The maximum absolute atomic E-state index is 12.1. The van der Waals surface area contributed by atoms with Crippen molar-refractivity contribution < 1.29 is 4.79 Å². The van der Waals surface area contributed by atoms with Crippen LogP contribution in [0.3, 0.4) is 0 Å². The number of carbonyl (C=O) groups excluding carboxylic acids is 1. The summed E-state index contributed by atoms with van der Waals surface area (Å²) in [6, 6.07) is 7.55. The van der Waals surface area contributed by atoms with Crippen LogP contribution >= 0.6 is 11.6 Å². The number of hydrogen-bond acceptors (Lipinski definition) is 2. The molecule has 0 saturated carbocycles. The Bertz CT molecular complexity index is 496. The molecule has 5 nitrogen and oxygen atoms in total. The van der Waals surface area contributed by atoms with Crippen molar-refractivity contribution in [2.75, 3.05) is 20.1 Å². The number of nitrogens with zero attached hydrogens (tertiary/aromatic N) is 2. The number of likely N-dealkylation sites (tertiary alicyclic amines) is 1. The molecule has 1 aliphatic heterocycles. The summed E-state index contributed by atoms with van der Waals surface area (Å²) in [5.41, 5.74) is 11.6. The minimum Gasteiger partial charge on any atom is -0.370 e. The van der Waals surface area contributed by atoms with Crippen LogP contribution in [-0.4, -0.2) is 36.9 Å². The Balaban J connectivity index is 2.25. The van der Waals surface area contributed by atoms with Gasteiger partial charge in [0.25, 0.3) is 5.91 Å². The number of benzene rings is 1. The standard InChI is InChI=1S/C13H17ClN4O/c1-18-6-10(8-2-4-9(14)5-3-8)11(7-18)12(19)17-13(15)16/h2-5,10-11H,6-7H2,1H3,(H4,15,16,17,19)/t10-,11+/m1/s1. The second-order valence-electron chi connectivity index (χ2n) is 4.86. The van der Waals surface area contributed by atoms with Crippen molar-refractivity contribution in [3.05, 3.63) is 34.9 Å². The number of amides is 1. The quantitative estimate of drug-likeness (QED) is 0.619. The topological polar surface area (TPSA) is 84.7 Å². The van der Waals surface area contributed by atoms with Gasteiger partial charge in [0.15, 0.2) is 5.96 Å². The Morgan fingerprint density at radius 3 is 2.53 bits per heavy atom. The summed E-state index contributed by atoms with van der Waals surface area (Å²) in [4.78, 5) is 17.8. The van der Waals surface area contributed by atoms with Gasteiger partial charge in [-0.2, -0.15) is 4.99 Å². The van der Waals surface area contributed by atoms with Crippen LogP contribution in [0.25, 0.3) is 0 Å². The Kier molecular flexibility index (Phi) is 4.07. The highest BCUT2D eigenvalue weighted by molar-refractivity contribution is 6.30. The van der Waals surface area contributed by atoms with E-state index in [1.165, 1.54) is 0 Å². The molecule has 1 aromatic rings. The van der Waals surface area contributed by atoms with Crippen LogP contribution in [0.5, 0.6) is 0 Å². The smallest absolute Gasteiger partial charge is 0.253 e. The van der Waals surface area contributed by atoms with Gasteiger partial charge in [0.05, 0.1) is 5.92 Å². The number of nitrogens with two attached hydrogens (primary N) is 2. The summed E-state index contributed by atoms with van der Waals surface area (Å²) < 4.78 is 0. The molecule has 1 aromatic carbocycles. The first-order valence-corrected chi connectivity index (χ1v) is 6.42. The molecule has 102 valence electrons. The molecule has 1 aliphatic rings. The van der Waals surface area contributed by atoms with Gasteiger partial charge in [-0.1, -0.05) is 23.7 Å². The lowest BCUT2D eigenvalue weighted by Crippen LogP contribution is -2.28. The number of guanidine groups is 1. The SMILES string of the molecule is CN1C[C@H](C(=O)N=C(N)N)[C@@H](c2ccc(Cl)cc2)C1. The fourth-order valence-corrected chi connectivity index (χ4v) is 2.63. The molecule has 0 aliphatic carbocycles. The summed E-state index contributed by atoms with van der Waals surface area (Å²) in [6.07, 6.45) is 0. The number of carbonyl (C=O) groups is 1. The predicted octanol–water partition coefficient (Wildman–Crippen LogP) is 0.785. The van der Waals surface area contributed by atoms with Gasteiger partial charge in [-0.05, 0) is 24.7 Å². The summed E-state index contributed by atoms with van der Waals surface area (Å²) in [6.45, 7) is 1.46. The van der Waals surface area contributed by atoms with Crippen molar-refractivity contribution >= 4 is 23.5 Å². The zero-order valence-corrected chi connectivity index (χ0v) is 11.5. The molecular weight excluding hydrogens is 264 g/mol. The normalized spacial score (nSPS) is 23.3. The van der Waals surface area contributed by atoms with Gasteiger partial charge in [0.2, 0.25) is 0 Å².